The number of pyridine rings is 1. The molecule has 6 heteroatoms. The molecule has 18 heavy (non-hydrogen) atoms. The first kappa shape index (κ1) is 12.1. The molecule has 0 saturated carbocycles. The third-order valence-corrected chi connectivity index (χ3v) is 2.36. The topological polar surface area (TPSA) is 69.0 Å². The number of nitrogens with zero attached hydrogens (tertiary/aromatic N) is 3. The molecule has 0 amide bonds. The van der Waals surface area contributed by atoms with Gasteiger partial charge < -0.3 is 10.1 Å². The third-order valence-electron chi connectivity index (χ3n) is 2.36. The van der Waals surface area contributed by atoms with Gasteiger partial charge in [-0.1, -0.05) is 0 Å². The fourth-order valence-corrected chi connectivity index (χ4v) is 1.44. The summed E-state index contributed by atoms with van der Waals surface area (Å²) in [6.45, 7) is 2.11. The van der Waals surface area contributed by atoms with Gasteiger partial charge in [-0.2, -0.15) is 5.10 Å². The minimum absolute atomic E-state index is 0.346. The van der Waals surface area contributed by atoms with E-state index in [1.807, 2.05) is 19.2 Å². The average molecular weight is 246 g/mol. The molecular formula is C12H14N4O2. The van der Waals surface area contributed by atoms with Crippen LogP contribution < -0.4 is 5.32 Å². The van der Waals surface area contributed by atoms with E-state index in [2.05, 4.69) is 15.4 Å². The predicted molar refractivity (Wildman–Crippen MR) is 66.9 cm³/mol. The van der Waals surface area contributed by atoms with Crippen LogP contribution in [0.5, 0.6) is 0 Å². The number of nitrogens with one attached hydrogen (secondary N) is 1. The Morgan fingerprint density at radius 3 is 2.89 bits per heavy atom. The lowest BCUT2D eigenvalue weighted by Crippen LogP contribution is -2.03. The van der Waals surface area contributed by atoms with Crippen molar-refractivity contribution >= 4 is 11.7 Å². The van der Waals surface area contributed by atoms with E-state index in [1.165, 1.54) is 10.9 Å². The van der Waals surface area contributed by atoms with E-state index >= 15 is 0 Å². The van der Waals surface area contributed by atoms with Crippen LogP contribution in [0.15, 0.2) is 30.7 Å². The molecule has 0 saturated heterocycles. The van der Waals surface area contributed by atoms with Crippen molar-refractivity contribution in [1.29, 1.82) is 0 Å². The van der Waals surface area contributed by atoms with Gasteiger partial charge in [-0.05, 0) is 19.1 Å². The van der Waals surface area contributed by atoms with E-state index in [4.69, 9.17) is 4.74 Å². The first-order chi connectivity index (χ1) is 8.74. The van der Waals surface area contributed by atoms with Gasteiger partial charge in [0.25, 0.3) is 0 Å². The van der Waals surface area contributed by atoms with Gasteiger partial charge in [0.2, 0.25) is 0 Å². The molecule has 0 atom stereocenters. The van der Waals surface area contributed by atoms with E-state index in [9.17, 15) is 4.79 Å². The number of carbonyl (C=O) groups is 1. The Balaban J connectivity index is 2.20. The molecule has 0 aliphatic rings. The molecule has 0 aromatic carbocycles. The molecule has 0 aliphatic heterocycles. The summed E-state index contributed by atoms with van der Waals surface area (Å²) in [5.41, 5.74) is 1.33. The maximum Gasteiger partial charge on any atom is 0.341 e. The van der Waals surface area contributed by atoms with Crippen LogP contribution in [0, 0.1) is 0 Å². The summed E-state index contributed by atoms with van der Waals surface area (Å²) in [6, 6.07) is 3.70. The summed E-state index contributed by atoms with van der Waals surface area (Å²) >= 11 is 0. The highest BCUT2D eigenvalue weighted by atomic mass is 16.5. The van der Waals surface area contributed by atoms with Gasteiger partial charge >= 0.3 is 5.97 Å². The van der Waals surface area contributed by atoms with Crippen LogP contribution in [0.25, 0.3) is 5.82 Å². The molecule has 1 N–H and O–H groups in total. The number of aromatic nitrogens is 3. The van der Waals surface area contributed by atoms with Crippen molar-refractivity contribution in [2.75, 3.05) is 19.0 Å². The van der Waals surface area contributed by atoms with Crippen molar-refractivity contribution in [1.82, 2.24) is 14.8 Å². The second kappa shape index (κ2) is 5.31. The second-order valence-electron chi connectivity index (χ2n) is 3.55. The van der Waals surface area contributed by atoms with Crippen LogP contribution in [-0.4, -0.2) is 34.4 Å². The smallest absolute Gasteiger partial charge is 0.341 e. The Morgan fingerprint density at radius 2 is 2.28 bits per heavy atom. The molecule has 2 heterocycles. The van der Waals surface area contributed by atoms with Gasteiger partial charge in [0, 0.05) is 13.2 Å². The first-order valence-corrected chi connectivity index (χ1v) is 5.60. The quantitative estimate of drug-likeness (QED) is 0.828. The number of ether oxygens (including phenoxy) is 1. The predicted octanol–water partition coefficient (Wildman–Crippen LogP) is 1.49. The van der Waals surface area contributed by atoms with Crippen molar-refractivity contribution < 1.29 is 9.53 Å². The highest BCUT2D eigenvalue weighted by Gasteiger charge is 2.10. The monoisotopic (exact) mass is 246 g/mol. The second-order valence-corrected chi connectivity index (χ2v) is 3.55. The Labute approximate surface area is 105 Å². The molecule has 0 spiro atoms. The lowest BCUT2D eigenvalue weighted by Gasteiger charge is -2.02. The normalized spacial score (nSPS) is 10.1. The minimum atomic E-state index is -0.379. The molecule has 2 aromatic rings. The standard InChI is InChI=1S/C12H14N4O2/c1-3-18-12(17)9-6-15-16(8-9)11-5-4-10(13-2)7-14-11/h4-8,13H,3H2,1-2H3. The van der Waals surface area contributed by atoms with Crippen LogP contribution in [0.2, 0.25) is 0 Å². The Kier molecular flexibility index (Phi) is 3.57. The maximum absolute atomic E-state index is 11.5. The van der Waals surface area contributed by atoms with Crippen LogP contribution in [-0.2, 0) is 4.74 Å². The zero-order valence-corrected chi connectivity index (χ0v) is 10.3. The van der Waals surface area contributed by atoms with E-state index in [0.717, 1.165) is 5.69 Å². The average Bonchev–Trinajstić information content (AvgIpc) is 2.89. The van der Waals surface area contributed by atoms with Crippen LogP contribution >= 0.6 is 0 Å². The lowest BCUT2D eigenvalue weighted by atomic mass is 10.4. The minimum Gasteiger partial charge on any atom is -0.462 e. The van der Waals surface area contributed by atoms with Gasteiger partial charge in [-0.25, -0.2) is 14.5 Å². The van der Waals surface area contributed by atoms with Gasteiger partial charge in [0.15, 0.2) is 5.82 Å². The molecule has 6 nitrogen and oxygen atoms in total. The van der Waals surface area contributed by atoms with E-state index in [-0.39, 0.29) is 5.97 Å². The molecule has 0 radical (unpaired) electrons. The zero-order valence-electron chi connectivity index (χ0n) is 10.3. The van der Waals surface area contributed by atoms with E-state index in [0.29, 0.717) is 18.0 Å². The van der Waals surface area contributed by atoms with Crippen molar-refractivity contribution in [3.8, 4) is 5.82 Å². The van der Waals surface area contributed by atoms with Gasteiger partial charge in [0.1, 0.15) is 0 Å². The zero-order chi connectivity index (χ0) is 13.0. The maximum atomic E-state index is 11.5. The summed E-state index contributed by atoms with van der Waals surface area (Å²) < 4.78 is 6.42. The SMILES string of the molecule is CCOC(=O)c1cnn(-c2ccc(NC)cn2)c1. The van der Waals surface area contributed by atoms with Crippen molar-refractivity contribution in [3.63, 3.8) is 0 Å². The van der Waals surface area contributed by atoms with Gasteiger partial charge in [-0.15, -0.1) is 0 Å². The molecule has 2 aromatic heterocycles. The molecular weight excluding hydrogens is 232 g/mol. The number of rotatable bonds is 4. The number of hydrogen-bond acceptors (Lipinski definition) is 5. The molecule has 0 bridgehead atoms. The van der Waals surface area contributed by atoms with E-state index in [1.54, 1.807) is 19.3 Å². The summed E-state index contributed by atoms with van der Waals surface area (Å²) in [6.07, 6.45) is 4.76. The lowest BCUT2D eigenvalue weighted by molar-refractivity contribution is 0.0526. The van der Waals surface area contributed by atoms with Crippen LogP contribution in [0.3, 0.4) is 0 Å². The number of anilines is 1. The number of carbonyl (C=O) groups excluding carboxylic acids is 1. The number of hydrogen-bond donors (Lipinski definition) is 1. The van der Waals surface area contributed by atoms with E-state index < -0.39 is 0 Å². The Morgan fingerprint density at radius 1 is 1.44 bits per heavy atom. The largest absolute Gasteiger partial charge is 0.462 e. The summed E-state index contributed by atoms with van der Waals surface area (Å²) in [5.74, 6) is 0.264. The van der Waals surface area contributed by atoms with Crippen molar-refractivity contribution in [3.05, 3.63) is 36.3 Å². The Bertz CT molecular complexity index is 533. The fraction of sp³-hybridized carbons (Fsp3) is 0.250. The van der Waals surface area contributed by atoms with Crippen LogP contribution in [0.4, 0.5) is 5.69 Å². The summed E-state index contributed by atoms with van der Waals surface area (Å²) in [4.78, 5) is 15.7. The molecule has 0 unspecified atom stereocenters. The van der Waals surface area contributed by atoms with Crippen molar-refractivity contribution in [2.45, 2.75) is 6.92 Å². The molecule has 94 valence electrons. The summed E-state index contributed by atoms with van der Waals surface area (Å²) in [7, 11) is 1.82. The van der Waals surface area contributed by atoms with Crippen LogP contribution in [0.1, 0.15) is 17.3 Å². The Hall–Kier alpha value is -2.37. The number of esters is 1. The highest BCUT2D eigenvalue weighted by Crippen LogP contribution is 2.10. The molecule has 2 rings (SSSR count). The third kappa shape index (κ3) is 2.48. The summed E-state index contributed by atoms with van der Waals surface area (Å²) in [5, 5.41) is 7.06. The molecule has 0 fully saturated rings. The van der Waals surface area contributed by atoms with Gasteiger partial charge in [-0.3, -0.25) is 0 Å². The molecule has 0 aliphatic carbocycles. The van der Waals surface area contributed by atoms with Gasteiger partial charge in [0.05, 0.1) is 30.3 Å². The fourth-order valence-electron chi connectivity index (χ4n) is 1.44. The highest BCUT2D eigenvalue weighted by molar-refractivity contribution is 5.88. The van der Waals surface area contributed by atoms with Crippen molar-refractivity contribution in [2.24, 2.45) is 0 Å². The first-order valence-electron chi connectivity index (χ1n) is 5.60.